The first kappa shape index (κ1) is 19.1. The van der Waals surface area contributed by atoms with Crippen molar-refractivity contribution in [3.05, 3.63) is 18.0 Å². The van der Waals surface area contributed by atoms with Crippen LogP contribution in [0.4, 0.5) is 13.2 Å². The highest BCUT2D eigenvalue weighted by atomic mass is 19.4. The van der Waals surface area contributed by atoms with Gasteiger partial charge in [0.15, 0.2) is 5.69 Å². The SMILES string of the molecule is O=C(CN1C(=O)CCC1=O)N1CCCC(Oc2nccc(C(F)(F)F)n2)C1. The van der Waals surface area contributed by atoms with Crippen LogP contribution in [0.3, 0.4) is 0 Å². The van der Waals surface area contributed by atoms with Crippen LogP contribution < -0.4 is 4.74 Å². The molecule has 0 aliphatic carbocycles. The summed E-state index contributed by atoms with van der Waals surface area (Å²) in [6.07, 6.45) is -2.93. The zero-order valence-electron chi connectivity index (χ0n) is 14.2. The summed E-state index contributed by atoms with van der Waals surface area (Å²) < 4.78 is 43.6. The molecule has 1 aromatic heterocycles. The highest BCUT2D eigenvalue weighted by Gasteiger charge is 2.35. The largest absolute Gasteiger partial charge is 0.458 e. The second-order valence-corrected chi connectivity index (χ2v) is 6.32. The van der Waals surface area contributed by atoms with Crippen molar-refractivity contribution in [1.29, 1.82) is 0 Å². The molecular weight excluding hydrogens is 369 g/mol. The van der Waals surface area contributed by atoms with E-state index in [-0.39, 0.29) is 37.7 Å². The van der Waals surface area contributed by atoms with Gasteiger partial charge in [0.1, 0.15) is 12.6 Å². The number of ether oxygens (including phenoxy) is 1. The van der Waals surface area contributed by atoms with Gasteiger partial charge in [-0.25, -0.2) is 4.98 Å². The maximum absolute atomic E-state index is 12.7. The average Bonchev–Trinajstić information content (AvgIpc) is 2.93. The highest BCUT2D eigenvalue weighted by molar-refractivity contribution is 6.04. The topological polar surface area (TPSA) is 92.7 Å². The number of amides is 3. The van der Waals surface area contributed by atoms with Crippen LogP contribution in [0.1, 0.15) is 31.4 Å². The zero-order chi connectivity index (χ0) is 19.6. The number of aromatic nitrogens is 2. The average molecular weight is 386 g/mol. The third-order valence-corrected chi connectivity index (χ3v) is 4.38. The summed E-state index contributed by atoms with van der Waals surface area (Å²) in [4.78, 5) is 45.0. The van der Waals surface area contributed by atoms with Crippen LogP contribution in [0.2, 0.25) is 0 Å². The number of nitrogens with zero attached hydrogens (tertiary/aromatic N) is 4. The molecule has 0 aromatic carbocycles. The third kappa shape index (κ3) is 4.52. The van der Waals surface area contributed by atoms with E-state index in [1.165, 1.54) is 4.90 Å². The number of piperidine rings is 1. The number of hydrogen-bond donors (Lipinski definition) is 0. The normalized spacial score (nSPS) is 20.9. The molecule has 0 saturated carbocycles. The Bertz CT molecular complexity index is 739. The maximum atomic E-state index is 12.7. The van der Waals surface area contributed by atoms with Gasteiger partial charge in [-0.3, -0.25) is 19.3 Å². The number of alkyl halides is 3. The summed E-state index contributed by atoms with van der Waals surface area (Å²) in [6.45, 7) is 0.206. The molecular formula is C16H17F3N4O4. The second kappa shape index (κ2) is 7.49. The third-order valence-electron chi connectivity index (χ3n) is 4.38. The second-order valence-electron chi connectivity index (χ2n) is 6.32. The highest BCUT2D eigenvalue weighted by Crippen LogP contribution is 2.28. The van der Waals surface area contributed by atoms with E-state index in [1.807, 2.05) is 0 Å². The first-order valence-electron chi connectivity index (χ1n) is 8.42. The van der Waals surface area contributed by atoms with Gasteiger partial charge in [-0.15, -0.1) is 0 Å². The van der Waals surface area contributed by atoms with Crippen LogP contribution in [0.25, 0.3) is 0 Å². The first-order chi connectivity index (χ1) is 12.7. The van der Waals surface area contributed by atoms with Crippen LogP contribution in [-0.2, 0) is 20.6 Å². The van der Waals surface area contributed by atoms with Gasteiger partial charge in [-0.1, -0.05) is 0 Å². The lowest BCUT2D eigenvalue weighted by Crippen LogP contribution is -2.49. The lowest BCUT2D eigenvalue weighted by atomic mass is 10.1. The molecule has 1 unspecified atom stereocenters. The van der Waals surface area contributed by atoms with Crippen LogP contribution in [0, 0.1) is 0 Å². The Hall–Kier alpha value is -2.72. The quantitative estimate of drug-likeness (QED) is 0.718. The summed E-state index contributed by atoms with van der Waals surface area (Å²) in [5.74, 6) is -1.16. The first-order valence-corrected chi connectivity index (χ1v) is 8.42. The Morgan fingerprint density at radius 2 is 1.96 bits per heavy atom. The molecule has 2 saturated heterocycles. The molecule has 3 rings (SSSR count). The van der Waals surface area contributed by atoms with E-state index in [4.69, 9.17) is 4.74 Å². The Morgan fingerprint density at radius 3 is 2.63 bits per heavy atom. The zero-order valence-corrected chi connectivity index (χ0v) is 14.2. The van der Waals surface area contributed by atoms with Crippen molar-refractivity contribution in [1.82, 2.24) is 19.8 Å². The molecule has 146 valence electrons. The minimum Gasteiger partial charge on any atom is -0.458 e. The summed E-state index contributed by atoms with van der Waals surface area (Å²) in [5, 5.41) is 0. The van der Waals surface area contributed by atoms with Crippen molar-refractivity contribution in [2.75, 3.05) is 19.6 Å². The van der Waals surface area contributed by atoms with Gasteiger partial charge < -0.3 is 9.64 Å². The maximum Gasteiger partial charge on any atom is 0.433 e. The number of halogens is 3. The smallest absolute Gasteiger partial charge is 0.433 e. The molecule has 0 radical (unpaired) electrons. The van der Waals surface area contributed by atoms with Crippen LogP contribution in [0.15, 0.2) is 12.3 Å². The van der Waals surface area contributed by atoms with Crippen LogP contribution in [-0.4, -0.2) is 63.2 Å². The molecule has 8 nitrogen and oxygen atoms in total. The number of imide groups is 1. The Labute approximate surface area is 152 Å². The van der Waals surface area contributed by atoms with Crippen molar-refractivity contribution < 1.29 is 32.3 Å². The molecule has 11 heteroatoms. The van der Waals surface area contributed by atoms with E-state index < -0.39 is 29.9 Å². The van der Waals surface area contributed by atoms with Crippen molar-refractivity contribution in [2.45, 2.75) is 38.0 Å². The van der Waals surface area contributed by atoms with E-state index >= 15 is 0 Å². The van der Waals surface area contributed by atoms with Gasteiger partial charge >= 0.3 is 12.2 Å². The lowest BCUT2D eigenvalue weighted by molar-refractivity contribution is -0.146. The van der Waals surface area contributed by atoms with Crippen molar-refractivity contribution in [2.24, 2.45) is 0 Å². The molecule has 2 fully saturated rings. The van der Waals surface area contributed by atoms with Crippen LogP contribution in [0.5, 0.6) is 6.01 Å². The molecule has 1 atom stereocenters. The molecule has 3 heterocycles. The fourth-order valence-corrected chi connectivity index (χ4v) is 3.00. The number of hydrogen-bond acceptors (Lipinski definition) is 6. The van der Waals surface area contributed by atoms with Gasteiger partial charge in [0.05, 0.1) is 6.54 Å². The number of carbonyl (C=O) groups excluding carboxylic acids is 3. The number of likely N-dealkylation sites (tertiary alicyclic amines) is 2. The van der Waals surface area contributed by atoms with E-state index in [1.54, 1.807) is 0 Å². The standard InChI is InChI=1S/C16H17F3N4O4/c17-16(18,19)11-5-6-20-15(21-11)27-10-2-1-7-22(8-10)14(26)9-23-12(24)3-4-13(23)25/h5-6,10H,1-4,7-9H2. The fraction of sp³-hybridized carbons (Fsp3) is 0.562. The molecule has 0 spiro atoms. The predicted molar refractivity (Wildman–Crippen MR) is 83.2 cm³/mol. The van der Waals surface area contributed by atoms with E-state index in [2.05, 4.69) is 9.97 Å². The molecule has 0 bridgehead atoms. The van der Waals surface area contributed by atoms with Crippen molar-refractivity contribution in [3.8, 4) is 6.01 Å². The minimum absolute atomic E-state index is 0.102. The summed E-state index contributed by atoms with van der Waals surface area (Å²) in [6, 6.07) is 0.335. The molecule has 2 aliphatic rings. The van der Waals surface area contributed by atoms with Crippen molar-refractivity contribution in [3.63, 3.8) is 0 Å². The van der Waals surface area contributed by atoms with Gasteiger partial charge in [0.25, 0.3) is 0 Å². The van der Waals surface area contributed by atoms with E-state index in [9.17, 15) is 27.6 Å². The Morgan fingerprint density at radius 1 is 1.26 bits per heavy atom. The minimum atomic E-state index is -4.61. The molecule has 1 aromatic rings. The van der Waals surface area contributed by atoms with Gasteiger partial charge in [0.2, 0.25) is 17.7 Å². The van der Waals surface area contributed by atoms with Gasteiger partial charge in [-0.05, 0) is 18.9 Å². The lowest BCUT2D eigenvalue weighted by Gasteiger charge is -2.33. The molecule has 2 aliphatic heterocycles. The predicted octanol–water partition coefficient (Wildman–Crippen LogP) is 1.01. The summed E-state index contributed by atoms with van der Waals surface area (Å²) in [5.41, 5.74) is -1.11. The van der Waals surface area contributed by atoms with Gasteiger partial charge in [-0.2, -0.15) is 18.2 Å². The Kier molecular flexibility index (Phi) is 5.29. The summed E-state index contributed by atoms with van der Waals surface area (Å²) in [7, 11) is 0. The number of carbonyl (C=O) groups is 3. The molecule has 3 amide bonds. The van der Waals surface area contributed by atoms with Crippen LogP contribution >= 0.6 is 0 Å². The molecule has 27 heavy (non-hydrogen) atoms. The Balaban J connectivity index is 1.60. The fourth-order valence-electron chi connectivity index (χ4n) is 3.00. The number of rotatable bonds is 4. The monoisotopic (exact) mass is 386 g/mol. The van der Waals surface area contributed by atoms with E-state index in [0.717, 1.165) is 17.2 Å². The summed E-state index contributed by atoms with van der Waals surface area (Å²) >= 11 is 0. The van der Waals surface area contributed by atoms with Crippen molar-refractivity contribution >= 4 is 17.7 Å². The van der Waals surface area contributed by atoms with E-state index in [0.29, 0.717) is 19.4 Å². The molecule has 0 N–H and O–H groups in total. The van der Waals surface area contributed by atoms with Gasteiger partial charge in [0, 0.05) is 25.6 Å².